The number of hydrogen-bond donors (Lipinski definition) is 0. The Hall–Kier alpha value is -0.440. The maximum Gasteiger partial charge on any atom is 0.175 e. The third-order valence-corrected chi connectivity index (χ3v) is 1.64. The van der Waals surface area contributed by atoms with Gasteiger partial charge in [-0.1, -0.05) is 6.92 Å². The first kappa shape index (κ1) is 12.6. The van der Waals surface area contributed by atoms with Crippen LogP contribution in [0.25, 0.3) is 0 Å². The highest BCUT2D eigenvalue weighted by molar-refractivity contribution is 4.74. The van der Waals surface area contributed by atoms with Gasteiger partial charge in [-0.3, -0.25) is 0 Å². The van der Waals surface area contributed by atoms with Gasteiger partial charge in [0.25, 0.3) is 0 Å². The van der Waals surface area contributed by atoms with Crippen LogP contribution < -0.4 is 0 Å². The molecule has 0 aromatic rings. The van der Waals surface area contributed by atoms with E-state index in [0.717, 1.165) is 12.8 Å². The van der Waals surface area contributed by atoms with Crippen LogP contribution in [0.15, 0.2) is 10.2 Å². The standard InChI is InChI=1S/C10H21N2O/c1-7-8-10(5,13-6)12-11-9(2,3)4/h1,7-8H2,2-6H3. The molecule has 1 atom stereocenters. The third kappa shape index (κ3) is 5.75. The largest absolute Gasteiger partial charge is 0.356 e. The number of rotatable bonds is 4. The highest BCUT2D eigenvalue weighted by atomic mass is 16.5. The van der Waals surface area contributed by atoms with Crippen molar-refractivity contribution in [3.05, 3.63) is 6.92 Å². The minimum Gasteiger partial charge on any atom is -0.356 e. The number of ether oxygens (including phenoxy) is 1. The molecule has 0 aliphatic rings. The van der Waals surface area contributed by atoms with Gasteiger partial charge >= 0.3 is 0 Å². The average Bonchev–Trinajstić information content (AvgIpc) is 2.01. The maximum absolute atomic E-state index is 5.27. The zero-order valence-electron chi connectivity index (χ0n) is 9.42. The van der Waals surface area contributed by atoms with Gasteiger partial charge in [-0.15, -0.1) is 0 Å². The predicted octanol–water partition coefficient (Wildman–Crippen LogP) is 3.21. The first-order valence-electron chi connectivity index (χ1n) is 4.61. The van der Waals surface area contributed by atoms with Crippen LogP contribution in [0, 0.1) is 6.92 Å². The Labute approximate surface area is 81.6 Å². The predicted molar refractivity (Wildman–Crippen MR) is 54.6 cm³/mol. The molecule has 0 saturated carbocycles. The topological polar surface area (TPSA) is 34.0 Å². The van der Waals surface area contributed by atoms with E-state index in [9.17, 15) is 0 Å². The van der Waals surface area contributed by atoms with Gasteiger partial charge in [-0.2, -0.15) is 10.2 Å². The van der Waals surface area contributed by atoms with Crippen molar-refractivity contribution in [1.29, 1.82) is 0 Å². The quantitative estimate of drug-likeness (QED) is 0.619. The third-order valence-electron chi connectivity index (χ3n) is 1.64. The Morgan fingerprint density at radius 3 is 2.00 bits per heavy atom. The van der Waals surface area contributed by atoms with Crippen molar-refractivity contribution in [2.24, 2.45) is 10.2 Å². The number of azo groups is 1. The van der Waals surface area contributed by atoms with Crippen LogP contribution in [0.2, 0.25) is 0 Å². The summed E-state index contributed by atoms with van der Waals surface area (Å²) < 4.78 is 5.27. The molecule has 0 N–H and O–H groups in total. The van der Waals surface area contributed by atoms with Crippen molar-refractivity contribution < 1.29 is 4.74 Å². The van der Waals surface area contributed by atoms with Crippen LogP contribution in [0.3, 0.4) is 0 Å². The molecule has 3 nitrogen and oxygen atoms in total. The summed E-state index contributed by atoms with van der Waals surface area (Å²) in [7, 11) is 1.65. The molecule has 77 valence electrons. The highest BCUT2D eigenvalue weighted by Gasteiger charge is 2.22. The molecule has 0 aromatic carbocycles. The van der Waals surface area contributed by atoms with Crippen molar-refractivity contribution in [2.45, 2.75) is 51.8 Å². The fraction of sp³-hybridized carbons (Fsp3) is 0.900. The van der Waals surface area contributed by atoms with E-state index in [1.165, 1.54) is 0 Å². The van der Waals surface area contributed by atoms with Gasteiger partial charge in [-0.05, 0) is 40.5 Å². The molecule has 3 heteroatoms. The van der Waals surface area contributed by atoms with E-state index >= 15 is 0 Å². The van der Waals surface area contributed by atoms with Gasteiger partial charge in [0.05, 0.1) is 5.54 Å². The fourth-order valence-corrected chi connectivity index (χ4v) is 0.777. The SMILES string of the molecule is [CH2]CCC(C)(N=NC(C)(C)C)OC. The van der Waals surface area contributed by atoms with E-state index in [1.54, 1.807) is 7.11 Å². The summed E-state index contributed by atoms with van der Waals surface area (Å²) in [5.41, 5.74) is -0.643. The van der Waals surface area contributed by atoms with Gasteiger partial charge in [-0.25, -0.2) is 0 Å². The lowest BCUT2D eigenvalue weighted by Gasteiger charge is -2.23. The van der Waals surface area contributed by atoms with Crippen molar-refractivity contribution >= 4 is 0 Å². The molecular weight excluding hydrogens is 164 g/mol. The summed E-state index contributed by atoms with van der Waals surface area (Å²) in [6, 6.07) is 0. The van der Waals surface area contributed by atoms with Crippen molar-refractivity contribution in [2.75, 3.05) is 7.11 Å². The number of nitrogens with zero attached hydrogens (tertiary/aromatic N) is 2. The second-order valence-corrected chi connectivity index (χ2v) is 4.35. The monoisotopic (exact) mass is 185 g/mol. The number of methoxy groups -OCH3 is 1. The first-order chi connectivity index (χ1) is 5.83. The molecule has 0 spiro atoms. The van der Waals surface area contributed by atoms with Gasteiger partial charge in [0.15, 0.2) is 5.72 Å². The Morgan fingerprint density at radius 1 is 1.15 bits per heavy atom. The Kier molecular flexibility index (Phi) is 4.54. The molecule has 0 amide bonds. The van der Waals surface area contributed by atoms with Gasteiger partial charge in [0.1, 0.15) is 0 Å². The molecule has 0 heterocycles. The second-order valence-electron chi connectivity index (χ2n) is 4.35. The van der Waals surface area contributed by atoms with Crippen LogP contribution >= 0.6 is 0 Å². The van der Waals surface area contributed by atoms with Gasteiger partial charge < -0.3 is 4.74 Å². The van der Waals surface area contributed by atoms with Crippen molar-refractivity contribution in [3.8, 4) is 0 Å². The van der Waals surface area contributed by atoms with Crippen LogP contribution in [-0.2, 0) is 4.74 Å². The highest BCUT2D eigenvalue weighted by Crippen LogP contribution is 2.21. The number of hydrogen-bond acceptors (Lipinski definition) is 3. The molecule has 0 aliphatic heterocycles. The lowest BCUT2D eigenvalue weighted by Crippen LogP contribution is -2.25. The normalized spacial score (nSPS) is 17.7. The zero-order chi connectivity index (χ0) is 10.5. The van der Waals surface area contributed by atoms with E-state index in [-0.39, 0.29) is 5.54 Å². The summed E-state index contributed by atoms with van der Waals surface area (Å²) in [5.74, 6) is 0. The lowest BCUT2D eigenvalue weighted by atomic mass is 10.1. The van der Waals surface area contributed by atoms with Crippen LogP contribution in [0.4, 0.5) is 0 Å². The van der Waals surface area contributed by atoms with Crippen molar-refractivity contribution in [3.63, 3.8) is 0 Å². The molecular formula is C10H21N2O. The van der Waals surface area contributed by atoms with E-state index in [0.29, 0.717) is 0 Å². The van der Waals surface area contributed by atoms with Crippen molar-refractivity contribution in [1.82, 2.24) is 0 Å². The minimum atomic E-state index is -0.505. The van der Waals surface area contributed by atoms with E-state index in [4.69, 9.17) is 4.74 Å². The van der Waals surface area contributed by atoms with Gasteiger partial charge in [0, 0.05) is 7.11 Å². The first-order valence-corrected chi connectivity index (χ1v) is 4.61. The van der Waals surface area contributed by atoms with E-state index < -0.39 is 5.72 Å². The molecule has 0 aromatic heterocycles. The summed E-state index contributed by atoms with van der Waals surface area (Å²) in [4.78, 5) is 0. The van der Waals surface area contributed by atoms with Crippen LogP contribution in [0.5, 0.6) is 0 Å². The summed E-state index contributed by atoms with van der Waals surface area (Å²) in [6.45, 7) is 11.7. The van der Waals surface area contributed by atoms with Gasteiger partial charge in [0.2, 0.25) is 0 Å². The fourth-order valence-electron chi connectivity index (χ4n) is 0.777. The Morgan fingerprint density at radius 2 is 1.69 bits per heavy atom. The van der Waals surface area contributed by atoms with Crippen LogP contribution in [0.1, 0.15) is 40.5 Å². The lowest BCUT2D eigenvalue weighted by molar-refractivity contribution is -0.00106. The maximum atomic E-state index is 5.27. The Bertz CT molecular complexity index is 172. The Balaban J connectivity index is 4.34. The average molecular weight is 185 g/mol. The summed E-state index contributed by atoms with van der Waals surface area (Å²) in [6.07, 6.45) is 1.59. The molecule has 1 unspecified atom stereocenters. The molecule has 0 aliphatic carbocycles. The molecule has 0 saturated heterocycles. The van der Waals surface area contributed by atoms with E-state index in [1.807, 2.05) is 27.7 Å². The summed E-state index contributed by atoms with van der Waals surface area (Å²) >= 11 is 0. The van der Waals surface area contributed by atoms with Crippen LogP contribution in [-0.4, -0.2) is 18.4 Å². The minimum absolute atomic E-state index is 0.138. The molecule has 13 heavy (non-hydrogen) atoms. The zero-order valence-corrected chi connectivity index (χ0v) is 9.42. The molecule has 0 rings (SSSR count). The molecule has 1 radical (unpaired) electrons. The summed E-state index contributed by atoms with van der Waals surface area (Å²) in [5, 5.41) is 8.39. The molecule has 0 bridgehead atoms. The smallest absolute Gasteiger partial charge is 0.175 e. The van der Waals surface area contributed by atoms with E-state index in [2.05, 4.69) is 17.2 Å². The molecule has 0 fully saturated rings. The second kappa shape index (κ2) is 4.70.